The molecular formula is C26H27FN6O4S. The quantitative estimate of drug-likeness (QED) is 0.436. The zero-order valence-corrected chi connectivity index (χ0v) is 22.0. The van der Waals surface area contributed by atoms with E-state index in [0.29, 0.717) is 29.4 Å². The summed E-state index contributed by atoms with van der Waals surface area (Å²) in [5.74, 6) is -1.32. The summed E-state index contributed by atoms with van der Waals surface area (Å²) in [6, 6.07) is 7.72. The Morgan fingerprint density at radius 2 is 1.82 bits per heavy atom. The van der Waals surface area contributed by atoms with Crippen molar-refractivity contribution in [1.29, 1.82) is 5.26 Å². The highest BCUT2D eigenvalue weighted by molar-refractivity contribution is 7.97. The summed E-state index contributed by atoms with van der Waals surface area (Å²) in [6.07, 6.45) is 0.774. The number of pyridine rings is 1. The summed E-state index contributed by atoms with van der Waals surface area (Å²) in [4.78, 5) is 45.9. The molecular weight excluding hydrogens is 511 g/mol. The maximum atomic E-state index is 14.4. The smallest absolute Gasteiger partial charge is 0.410 e. The van der Waals surface area contributed by atoms with Crippen LogP contribution in [0.2, 0.25) is 0 Å². The average Bonchev–Trinajstić information content (AvgIpc) is 3.46. The Kier molecular flexibility index (Phi) is 7.71. The van der Waals surface area contributed by atoms with Crippen molar-refractivity contribution in [1.82, 2.24) is 14.8 Å². The molecule has 2 aliphatic rings. The minimum Gasteiger partial charge on any atom is -0.443 e. The van der Waals surface area contributed by atoms with Crippen LogP contribution in [0, 0.1) is 22.6 Å². The van der Waals surface area contributed by atoms with Crippen LogP contribution in [0.5, 0.6) is 0 Å². The molecule has 2 aliphatic heterocycles. The van der Waals surface area contributed by atoms with Crippen LogP contribution in [-0.2, 0) is 16.1 Å². The second-order valence-electron chi connectivity index (χ2n) is 10.1. The van der Waals surface area contributed by atoms with E-state index >= 15 is 0 Å². The number of ether oxygens (including phenoxy) is 1. The van der Waals surface area contributed by atoms with Gasteiger partial charge in [0.2, 0.25) is 5.91 Å². The number of hydrogen-bond acceptors (Lipinski definition) is 8. The van der Waals surface area contributed by atoms with Gasteiger partial charge in [0.25, 0.3) is 5.91 Å². The molecule has 3 amide bonds. The highest BCUT2D eigenvalue weighted by Crippen LogP contribution is 2.29. The minimum absolute atomic E-state index is 0.0236. The van der Waals surface area contributed by atoms with E-state index in [-0.39, 0.29) is 36.7 Å². The van der Waals surface area contributed by atoms with Crippen molar-refractivity contribution < 1.29 is 23.5 Å². The number of amides is 3. The maximum absolute atomic E-state index is 14.4. The van der Waals surface area contributed by atoms with E-state index in [1.165, 1.54) is 29.3 Å². The predicted octanol–water partition coefficient (Wildman–Crippen LogP) is 3.45. The first-order chi connectivity index (χ1) is 18.0. The molecule has 38 heavy (non-hydrogen) atoms. The van der Waals surface area contributed by atoms with Crippen LogP contribution in [0.15, 0.2) is 46.5 Å². The van der Waals surface area contributed by atoms with Crippen LogP contribution in [-0.4, -0.2) is 58.9 Å². The summed E-state index contributed by atoms with van der Waals surface area (Å²) >= 11 is 0.903. The van der Waals surface area contributed by atoms with Crippen molar-refractivity contribution in [2.24, 2.45) is 10.6 Å². The lowest BCUT2D eigenvalue weighted by Gasteiger charge is -2.23. The summed E-state index contributed by atoms with van der Waals surface area (Å²) in [6.45, 7) is 6.23. The minimum atomic E-state index is -0.674. The molecule has 3 N–H and O–H groups in total. The number of carbonyl (C=O) groups is 3. The fraction of sp³-hybridized carbons (Fsp3) is 0.346. The molecule has 1 aromatic heterocycles. The Morgan fingerprint density at radius 3 is 2.39 bits per heavy atom. The van der Waals surface area contributed by atoms with Crippen LogP contribution < -0.4 is 10.5 Å². The highest BCUT2D eigenvalue weighted by atomic mass is 32.2. The molecule has 0 aliphatic carbocycles. The van der Waals surface area contributed by atoms with Crippen LogP contribution in [0.4, 0.5) is 14.9 Å². The summed E-state index contributed by atoms with van der Waals surface area (Å²) in [7, 11) is 0. The Balaban J connectivity index is 1.34. The van der Waals surface area contributed by atoms with Gasteiger partial charge in [-0.1, -0.05) is 20.8 Å². The van der Waals surface area contributed by atoms with Gasteiger partial charge >= 0.3 is 6.09 Å². The van der Waals surface area contributed by atoms with Crippen molar-refractivity contribution in [3.63, 3.8) is 0 Å². The number of benzene rings is 1. The number of carbonyl (C=O) groups excluding carboxylic acids is 3. The third-order valence-corrected chi connectivity index (χ3v) is 6.77. The first kappa shape index (κ1) is 27.1. The molecule has 198 valence electrons. The SMILES string of the molecule is CC(C)(C)C(=O)Nc1cc(C#N)cnc1COC(=O)N1CC2=C(C1)CN(C(=O)c1ccc(SN)cc1F)C2. The molecule has 0 saturated carbocycles. The molecule has 0 radical (unpaired) electrons. The molecule has 12 heteroatoms. The lowest BCUT2D eigenvalue weighted by molar-refractivity contribution is -0.123. The number of rotatable bonds is 5. The van der Waals surface area contributed by atoms with Gasteiger partial charge in [0, 0.05) is 42.7 Å². The predicted molar refractivity (Wildman–Crippen MR) is 138 cm³/mol. The molecule has 4 rings (SSSR count). The fourth-order valence-corrected chi connectivity index (χ4v) is 4.39. The molecule has 0 atom stereocenters. The molecule has 1 aromatic carbocycles. The van der Waals surface area contributed by atoms with Crippen molar-refractivity contribution >= 4 is 35.5 Å². The maximum Gasteiger partial charge on any atom is 0.410 e. The number of halogens is 1. The molecule has 0 fully saturated rings. The number of nitrogens with two attached hydrogens (primary N) is 1. The van der Waals surface area contributed by atoms with Crippen molar-refractivity contribution in [2.45, 2.75) is 32.3 Å². The van der Waals surface area contributed by atoms with Crippen molar-refractivity contribution in [2.75, 3.05) is 31.5 Å². The van der Waals surface area contributed by atoms with Gasteiger partial charge in [-0.15, -0.1) is 0 Å². The van der Waals surface area contributed by atoms with E-state index in [4.69, 9.17) is 9.88 Å². The van der Waals surface area contributed by atoms with Gasteiger partial charge < -0.3 is 19.9 Å². The second-order valence-corrected chi connectivity index (χ2v) is 10.8. The molecule has 2 aromatic rings. The third-order valence-electron chi connectivity index (χ3n) is 6.24. The van der Waals surface area contributed by atoms with Crippen LogP contribution in [0.1, 0.15) is 42.4 Å². The van der Waals surface area contributed by atoms with Crippen molar-refractivity contribution in [3.05, 3.63) is 64.2 Å². The van der Waals surface area contributed by atoms with Gasteiger partial charge in [0.1, 0.15) is 24.2 Å². The lowest BCUT2D eigenvalue weighted by Crippen LogP contribution is -2.37. The lowest BCUT2D eigenvalue weighted by atomic mass is 9.95. The number of hydrogen-bond donors (Lipinski definition) is 2. The van der Waals surface area contributed by atoms with E-state index in [9.17, 15) is 24.0 Å². The summed E-state index contributed by atoms with van der Waals surface area (Å²) in [5.41, 5.74) is 2.01. The molecule has 0 unspecified atom stereocenters. The Bertz CT molecular complexity index is 1360. The first-order valence-corrected chi connectivity index (χ1v) is 12.7. The van der Waals surface area contributed by atoms with E-state index < -0.39 is 23.2 Å². The third kappa shape index (κ3) is 5.79. The van der Waals surface area contributed by atoms with E-state index in [2.05, 4.69) is 10.3 Å². The van der Waals surface area contributed by atoms with Gasteiger partial charge in [-0.3, -0.25) is 19.7 Å². The van der Waals surface area contributed by atoms with Gasteiger partial charge in [-0.25, -0.2) is 9.18 Å². The molecule has 3 heterocycles. The number of nitrogens with one attached hydrogen (secondary N) is 1. The normalized spacial score (nSPS) is 14.8. The molecule has 0 bridgehead atoms. The van der Waals surface area contributed by atoms with Gasteiger partial charge in [0.05, 0.1) is 16.8 Å². The molecule has 0 spiro atoms. The molecule has 0 saturated heterocycles. The second kappa shape index (κ2) is 10.8. The monoisotopic (exact) mass is 538 g/mol. The van der Waals surface area contributed by atoms with E-state index in [1.54, 1.807) is 31.7 Å². The Hall–Kier alpha value is -3.95. The van der Waals surface area contributed by atoms with Crippen LogP contribution in [0.3, 0.4) is 0 Å². The number of nitrogens with zero attached hydrogens (tertiary/aromatic N) is 4. The Labute approximate surface area is 223 Å². The highest BCUT2D eigenvalue weighted by Gasteiger charge is 2.35. The Morgan fingerprint density at radius 1 is 1.16 bits per heavy atom. The first-order valence-electron chi connectivity index (χ1n) is 11.8. The zero-order valence-electron chi connectivity index (χ0n) is 21.2. The molecule has 10 nitrogen and oxygen atoms in total. The van der Waals surface area contributed by atoms with Gasteiger partial charge in [0.15, 0.2) is 0 Å². The van der Waals surface area contributed by atoms with E-state index in [0.717, 1.165) is 23.1 Å². The number of aromatic nitrogens is 1. The van der Waals surface area contributed by atoms with E-state index in [1.807, 2.05) is 6.07 Å². The topological polar surface area (TPSA) is 142 Å². The fourth-order valence-electron chi connectivity index (χ4n) is 4.07. The largest absolute Gasteiger partial charge is 0.443 e. The number of anilines is 1. The zero-order chi connectivity index (χ0) is 27.6. The number of nitriles is 1. The van der Waals surface area contributed by atoms with Crippen LogP contribution >= 0.6 is 11.9 Å². The van der Waals surface area contributed by atoms with Crippen molar-refractivity contribution in [3.8, 4) is 6.07 Å². The van der Waals surface area contributed by atoms with Gasteiger partial charge in [-0.05, 0) is 47.4 Å². The standard InChI is InChI=1S/C26H27FN6O4S/c1-26(2,3)24(35)31-21-6-15(8-28)9-30-22(21)14-37-25(36)33-12-16-10-32(11-17(16)13-33)23(34)19-5-4-18(38-29)7-20(19)27/h4-7,9H,10-14,29H2,1-3H3,(H,31,35). The van der Waals surface area contributed by atoms with Crippen LogP contribution in [0.25, 0.3) is 0 Å². The van der Waals surface area contributed by atoms with Gasteiger partial charge in [-0.2, -0.15) is 5.26 Å². The average molecular weight is 539 g/mol. The summed E-state index contributed by atoms with van der Waals surface area (Å²) in [5, 5.41) is 17.4. The summed E-state index contributed by atoms with van der Waals surface area (Å²) < 4.78 is 19.8.